The van der Waals surface area contributed by atoms with Crippen LogP contribution in [0.1, 0.15) is 56.3 Å². The van der Waals surface area contributed by atoms with E-state index >= 15 is 0 Å². The van der Waals surface area contributed by atoms with Crippen molar-refractivity contribution in [3.63, 3.8) is 0 Å². The van der Waals surface area contributed by atoms with Crippen molar-refractivity contribution in [2.75, 3.05) is 46.7 Å². The van der Waals surface area contributed by atoms with E-state index in [-0.39, 0.29) is 21.9 Å². The summed E-state index contributed by atoms with van der Waals surface area (Å²) in [6.45, 7) is 6.25. The minimum absolute atomic E-state index is 0.105. The Morgan fingerprint density at radius 2 is 1.61 bits per heavy atom. The summed E-state index contributed by atoms with van der Waals surface area (Å²) in [6.07, 6.45) is 5.87. The van der Waals surface area contributed by atoms with Crippen molar-refractivity contribution in [3.05, 3.63) is 48.0 Å². The number of benzene rings is 2. The number of sulfone groups is 1. The highest BCUT2D eigenvalue weighted by molar-refractivity contribution is 7.92. The van der Waals surface area contributed by atoms with Crippen molar-refractivity contribution in [1.82, 2.24) is 0 Å². The van der Waals surface area contributed by atoms with E-state index < -0.39 is 25.8 Å². The van der Waals surface area contributed by atoms with Crippen molar-refractivity contribution < 1.29 is 21.6 Å². The Kier molecular flexibility index (Phi) is 8.42. The molecule has 38 heavy (non-hydrogen) atoms. The van der Waals surface area contributed by atoms with Gasteiger partial charge < -0.3 is 10.2 Å². The molecular weight excluding hydrogens is 522 g/mol. The van der Waals surface area contributed by atoms with Gasteiger partial charge in [0.25, 0.3) is 5.91 Å². The van der Waals surface area contributed by atoms with Crippen LogP contribution in [0.5, 0.6) is 0 Å². The second-order valence-electron chi connectivity index (χ2n) is 10.7. The molecule has 8 nitrogen and oxygen atoms in total. The summed E-state index contributed by atoms with van der Waals surface area (Å²) >= 11 is 0. The molecule has 2 aromatic carbocycles. The van der Waals surface area contributed by atoms with Gasteiger partial charge in [-0.15, -0.1) is 0 Å². The molecule has 2 aromatic rings. The van der Waals surface area contributed by atoms with Crippen molar-refractivity contribution in [1.29, 1.82) is 0 Å². The summed E-state index contributed by atoms with van der Waals surface area (Å²) in [5.41, 5.74) is 1.86. The number of nitrogens with zero attached hydrogens (tertiary/aromatic N) is 2. The van der Waals surface area contributed by atoms with E-state index in [9.17, 15) is 21.6 Å². The summed E-state index contributed by atoms with van der Waals surface area (Å²) in [7, 11) is -5.55. The molecular formula is C28H39N3O5S2. The van der Waals surface area contributed by atoms with Crippen LogP contribution in [0.4, 0.5) is 17.1 Å². The number of nitrogens with one attached hydrogen (secondary N) is 1. The largest absolute Gasteiger partial charge is 0.371 e. The number of fused-ring (bicyclic) bond motifs is 1. The molecule has 208 valence electrons. The highest BCUT2D eigenvalue weighted by Crippen LogP contribution is 2.52. The monoisotopic (exact) mass is 561 g/mol. The molecule has 0 bridgehead atoms. The Morgan fingerprint density at radius 3 is 2.21 bits per heavy atom. The number of amides is 1. The van der Waals surface area contributed by atoms with Crippen LogP contribution in [0.3, 0.4) is 0 Å². The predicted octanol–water partition coefficient (Wildman–Crippen LogP) is 4.78. The van der Waals surface area contributed by atoms with Crippen LogP contribution in [0.15, 0.2) is 47.4 Å². The topological polar surface area (TPSA) is 104 Å². The molecule has 1 aliphatic heterocycles. The first kappa shape index (κ1) is 28.4. The fourth-order valence-corrected chi connectivity index (χ4v) is 7.23. The molecule has 10 heteroatoms. The number of carbonyl (C=O) groups is 1. The number of carbonyl (C=O) groups excluding carboxylic acids is 1. The maximum Gasteiger partial charge on any atom is 0.257 e. The molecule has 0 spiro atoms. The zero-order valence-electron chi connectivity index (χ0n) is 22.7. The van der Waals surface area contributed by atoms with Gasteiger partial charge in [-0.2, -0.15) is 0 Å². The summed E-state index contributed by atoms with van der Waals surface area (Å²) in [6, 6.07) is 11.4. The molecule has 1 N–H and O–H groups in total. The van der Waals surface area contributed by atoms with E-state index in [2.05, 4.69) is 24.1 Å². The molecule has 4 rings (SSSR count). The number of piperidine rings is 1. The van der Waals surface area contributed by atoms with E-state index in [0.717, 1.165) is 60.9 Å². The third kappa shape index (κ3) is 6.34. The zero-order valence-corrected chi connectivity index (χ0v) is 24.3. The molecule has 1 saturated heterocycles. The molecule has 3 atom stereocenters. The normalized spacial score (nSPS) is 20.7. The second-order valence-corrected chi connectivity index (χ2v) is 14.9. The van der Waals surface area contributed by atoms with Crippen molar-refractivity contribution >= 4 is 42.8 Å². The van der Waals surface area contributed by atoms with E-state index in [1.165, 1.54) is 19.2 Å². The van der Waals surface area contributed by atoms with E-state index in [1.807, 2.05) is 6.07 Å². The maximum atomic E-state index is 13.4. The second kappa shape index (κ2) is 11.3. The van der Waals surface area contributed by atoms with Crippen molar-refractivity contribution in [2.24, 2.45) is 17.8 Å². The first-order valence-corrected chi connectivity index (χ1v) is 16.9. The first-order chi connectivity index (χ1) is 17.9. The van der Waals surface area contributed by atoms with Gasteiger partial charge in [-0.05, 0) is 66.6 Å². The van der Waals surface area contributed by atoms with Gasteiger partial charge in [-0.25, -0.2) is 16.8 Å². The lowest BCUT2D eigenvalue weighted by Gasteiger charge is -2.25. The average Bonchev–Trinajstić information content (AvgIpc) is 3.25. The fraction of sp³-hybridized carbons (Fsp3) is 0.536. The smallest absolute Gasteiger partial charge is 0.257 e. The Balaban J connectivity index is 1.50. The molecule has 1 heterocycles. The number of sulfonamides is 1. The quantitative estimate of drug-likeness (QED) is 0.374. The van der Waals surface area contributed by atoms with Gasteiger partial charge in [-0.3, -0.25) is 9.10 Å². The summed E-state index contributed by atoms with van der Waals surface area (Å²) in [5.74, 6) is 1.74. The number of hydrogen-bond acceptors (Lipinski definition) is 6. The van der Waals surface area contributed by atoms with Crippen LogP contribution >= 0.6 is 0 Å². The highest BCUT2D eigenvalue weighted by atomic mass is 32.2. The van der Waals surface area contributed by atoms with E-state index in [4.69, 9.17) is 0 Å². The Labute approximate surface area is 227 Å². The summed E-state index contributed by atoms with van der Waals surface area (Å²) < 4.78 is 51.0. The molecule has 0 aromatic heterocycles. The standard InChI is InChI=1S/C28H39N3O5S2/c1-5-6-7-8-9-16-38(35,36)23-13-10-21(11-14-23)29-28(32)24-17-22(31-18-25-20(2)26(25)19-31)12-15-27(24)30(3)37(4,33)34/h10-15,17,20,25-26H,5-9,16,18-19H2,1-4H3,(H,29,32)/t20?,25-,26+. The van der Waals surface area contributed by atoms with Gasteiger partial charge in [0.1, 0.15) is 0 Å². The van der Waals surface area contributed by atoms with Gasteiger partial charge in [0.2, 0.25) is 10.0 Å². The fourth-order valence-electron chi connectivity index (χ4n) is 5.35. The van der Waals surface area contributed by atoms with Crippen molar-refractivity contribution in [2.45, 2.75) is 50.8 Å². The van der Waals surface area contributed by atoms with Crippen LogP contribution in [0.25, 0.3) is 0 Å². The third-order valence-electron chi connectivity index (χ3n) is 8.04. The first-order valence-electron chi connectivity index (χ1n) is 13.4. The van der Waals surface area contributed by atoms with Gasteiger partial charge in [0.15, 0.2) is 9.84 Å². The summed E-state index contributed by atoms with van der Waals surface area (Å²) in [5, 5.41) is 2.82. The van der Waals surface area contributed by atoms with Crippen LogP contribution in [0, 0.1) is 17.8 Å². The van der Waals surface area contributed by atoms with Crippen molar-refractivity contribution in [3.8, 4) is 0 Å². The lowest BCUT2D eigenvalue weighted by molar-refractivity contribution is 0.102. The number of unbranched alkanes of at least 4 members (excludes halogenated alkanes) is 4. The van der Waals surface area contributed by atoms with Gasteiger partial charge in [0.05, 0.1) is 28.2 Å². The third-order valence-corrected chi connectivity index (χ3v) is 11.0. The van der Waals surface area contributed by atoms with Gasteiger partial charge in [-0.1, -0.05) is 39.5 Å². The van der Waals surface area contributed by atoms with Crippen LogP contribution < -0.4 is 14.5 Å². The maximum absolute atomic E-state index is 13.4. The van der Waals surface area contributed by atoms with Crippen LogP contribution in [-0.2, 0) is 19.9 Å². The lowest BCUT2D eigenvalue weighted by atomic mass is 10.1. The lowest BCUT2D eigenvalue weighted by Crippen LogP contribution is -2.29. The Hall–Kier alpha value is -2.59. The Bertz CT molecular complexity index is 1360. The number of hydrogen-bond donors (Lipinski definition) is 1. The molecule has 1 amide bonds. The van der Waals surface area contributed by atoms with Gasteiger partial charge >= 0.3 is 0 Å². The average molecular weight is 562 g/mol. The minimum atomic E-state index is -3.59. The molecule has 2 fully saturated rings. The number of rotatable bonds is 12. The SMILES string of the molecule is CCCCCCCS(=O)(=O)c1ccc(NC(=O)c2cc(N3C[C@@H]4C(C)[C@@H]4C3)ccc2N(C)S(C)(=O)=O)cc1. The molecule has 1 unspecified atom stereocenters. The summed E-state index contributed by atoms with van der Waals surface area (Å²) in [4.78, 5) is 15.9. The predicted molar refractivity (Wildman–Crippen MR) is 153 cm³/mol. The number of anilines is 3. The molecule has 1 saturated carbocycles. The molecule has 1 aliphatic carbocycles. The molecule has 2 aliphatic rings. The Morgan fingerprint density at radius 1 is 0.974 bits per heavy atom. The highest BCUT2D eigenvalue weighted by Gasteiger charge is 2.52. The van der Waals surface area contributed by atoms with Crippen LogP contribution in [-0.4, -0.2) is 54.9 Å². The van der Waals surface area contributed by atoms with Crippen LogP contribution in [0.2, 0.25) is 0 Å². The molecule has 0 radical (unpaired) electrons. The van der Waals surface area contributed by atoms with E-state index in [1.54, 1.807) is 24.3 Å². The minimum Gasteiger partial charge on any atom is -0.371 e. The zero-order chi connectivity index (χ0) is 27.7. The van der Waals surface area contributed by atoms with E-state index in [0.29, 0.717) is 23.9 Å². The van der Waals surface area contributed by atoms with Gasteiger partial charge in [0, 0.05) is 31.5 Å².